The zero-order chi connectivity index (χ0) is 15.0. The molecule has 0 amide bonds. The van der Waals surface area contributed by atoms with Crippen LogP contribution in [-0.2, 0) is 15.7 Å². The van der Waals surface area contributed by atoms with Gasteiger partial charge in [-0.05, 0) is 45.7 Å². The second-order valence-electron chi connectivity index (χ2n) is 5.90. The first-order valence-corrected chi connectivity index (χ1v) is 6.67. The number of aromatic nitrogens is 1. The molecule has 1 aromatic heterocycles. The molecule has 0 spiro atoms. The normalized spacial score (nSPS) is 19.9. The van der Waals surface area contributed by atoms with Crippen LogP contribution in [0.15, 0.2) is 12.3 Å². The van der Waals surface area contributed by atoms with Crippen molar-refractivity contribution in [1.29, 1.82) is 5.26 Å². The molecule has 0 bridgehead atoms. The largest absolute Gasteiger partial charge is 0.514 e. The first kappa shape index (κ1) is 15.0. The number of pyridine rings is 1. The molecule has 1 saturated heterocycles. The Kier molecular flexibility index (Phi) is 3.87. The fourth-order valence-corrected chi connectivity index (χ4v) is 2.15. The van der Waals surface area contributed by atoms with Crippen LogP contribution >= 0.6 is 0 Å². The molecule has 0 saturated carbocycles. The van der Waals surface area contributed by atoms with Gasteiger partial charge >= 0.3 is 7.12 Å². The molecular formula is C14H19BN2O3. The molecule has 6 heteroatoms. The monoisotopic (exact) mass is 274 g/mol. The fraction of sp³-hybridized carbons (Fsp3) is 0.571. The van der Waals surface area contributed by atoms with Gasteiger partial charge in [0.1, 0.15) is 0 Å². The van der Waals surface area contributed by atoms with Crippen molar-refractivity contribution >= 4 is 12.7 Å². The Bertz CT molecular complexity index is 536. The average Bonchev–Trinajstić information content (AvgIpc) is 2.59. The SMILES string of the molecule is CC1(C)OB(c2nccc(C#N)c2CCO)OC1(C)C. The Balaban J connectivity index is 2.43. The average molecular weight is 274 g/mol. The van der Waals surface area contributed by atoms with Crippen molar-refractivity contribution in [2.45, 2.75) is 45.3 Å². The Morgan fingerprint density at radius 2 is 1.90 bits per heavy atom. The molecule has 1 N–H and O–H groups in total. The van der Waals surface area contributed by atoms with E-state index in [0.29, 0.717) is 23.1 Å². The van der Waals surface area contributed by atoms with Crippen LogP contribution in [0.5, 0.6) is 0 Å². The van der Waals surface area contributed by atoms with E-state index in [9.17, 15) is 10.4 Å². The Labute approximate surface area is 119 Å². The van der Waals surface area contributed by atoms with Gasteiger partial charge in [0, 0.05) is 12.8 Å². The third-order valence-electron chi connectivity index (χ3n) is 4.05. The van der Waals surface area contributed by atoms with Crippen LogP contribution in [0, 0.1) is 11.3 Å². The van der Waals surface area contributed by atoms with Crippen molar-refractivity contribution in [2.75, 3.05) is 6.61 Å². The molecule has 106 valence electrons. The summed E-state index contributed by atoms with van der Waals surface area (Å²) < 4.78 is 11.9. The van der Waals surface area contributed by atoms with Gasteiger partial charge in [0.25, 0.3) is 0 Å². The minimum Gasteiger partial charge on any atom is -0.398 e. The number of rotatable bonds is 3. The Hall–Kier alpha value is -1.42. The first-order valence-electron chi connectivity index (χ1n) is 6.67. The van der Waals surface area contributed by atoms with E-state index in [1.165, 1.54) is 0 Å². The van der Waals surface area contributed by atoms with E-state index in [1.54, 1.807) is 12.3 Å². The molecule has 2 heterocycles. The van der Waals surface area contributed by atoms with Gasteiger partial charge in [-0.2, -0.15) is 5.26 Å². The molecule has 1 aliphatic heterocycles. The smallest absolute Gasteiger partial charge is 0.398 e. The molecule has 20 heavy (non-hydrogen) atoms. The molecule has 1 fully saturated rings. The second kappa shape index (κ2) is 5.17. The molecule has 1 aliphatic rings. The lowest BCUT2D eigenvalue weighted by atomic mass is 9.79. The predicted molar refractivity (Wildman–Crippen MR) is 75.5 cm³/mol. The van der Waals surface area contributed by atoms with Crippen LogP contribution in [0.4, 0.5) is 0 Å². The van der Waals surface area contributed by atoms with E-state index >= 15 is 0 Å². The van der Waals surface area contributed by atoms with Gasteiger partial charge in [0.2, 0.25) is 0 Å². The first-order chi connectivity index (χ1) is 9.32. The standard InChI is InChI=1S/C14H19BN2O3/c1-13(2)14(3,4)20-15(19-13)12-11(6-8-18)10(9-16)5-7-17-12/h5,7,18H,6,8H2,1-4H3. The molecule has 0 aromatic carbocycles. The number of nitrogens with zero attached hydrogens (tertiary/aromatic N) is 2. The van der Waals surface area contributed by atoms with Gasteiger partial charge in [0.05, 0.1) is 28.4 Å². The van der Waals surface area contributed by atoms with Gasteiger partial charge < -0.3 is 14.4 Å². The predicted octanol–water partition coefficient (Wildman–Crippen LogP) is 0.787. The Morgan fingerprint density at radius 3 is 2.40 bits per heavy atom. The summed E-state index contributed by atoms with van der Waals surface area (Å²) in [6.07, 6.45) is 1.93. The number of nitriles is 1. The number of aliphatic hydroxyl groups is 1. The zero-order valence-electron chi connectivity index (χ0n) is 12.3. The van der Waals surface area contributed by atoms with Gasteiger partial charge in [0.15, 0.2) is 0 Å². The highest BCUT2D eigenvalue weighted by molar-refractivity contribution is 6.61. The Morgan fingerprint density at radius 1 is 1.30 bits per heavy atom. The summed E-state index contributed by atoms with van der Waals surface area (Å²) in [6, 6.07) is 3.76. The van der Waals surface area contributed by atoms with Crippen LogP contribution in [-0.4, -0.2) is 35.0 Å². The maximum absolute atomic E-state index is 9.19. The lowest BCUT2D eigenvalue weighted by Crippen LogP contribution is -2.41. The minimum absolute atomic E-state index is 0.0487. The summed E-state index contributed by atoms with van der Waals surface area (Å²) in [5.41, 5.74) is 0.850. The maximum atomic E-state index is 9.19. The van der Waals surface area contributed by atoms with Crippen molar-refractivity contribution in [2.24, 2.45) is 0 Å². The molecular weight excluding hydrogens is 255 g/mol. The van der Waals surface area contributed by atoms with Crippen molar-refractivity contribution in [3.63, 3.8) is 0 Å². The highest BCUT2D eigenvalue weighted by Gasteiger charge is 2.53. The number of aliphatic hydroxyl groups excluding tert-OH is 1. The van der Waals surface area contributed by atoms with E-state index in [1.807, 2.05) is 27.7 Å². The summed E-state index contributed by atoms with van der Waals surface area (Å²) >= 11 is 0. The lowest BCUT2D eigenvalue weighted by Gasteiger charge is -2.32. The van der Waals surface area contributed by atoms with Gasteiger partial charge in [-0.3, -0.25) is 4.98 Å². The van der Waals surface area contributed by atoms with E-state index in [0.717, 1.165) is 0 Å². The molecule has 0 unspecified atom stereocenters. The zero-order valence-corrected chi connectivity index (χ0v) is 12.3. The maximum Gasteiger partial charge on any atom is 0.514 e. The summed E-state index contributed by atoms with van der Waals surface area (Å²) in [4.78, 5) is 4.31. The van der Waals surface area contributed by atoms with E-state index in [4.69, 9.17) is 9.31 Å². The van der Waals surface area contributed by atoms with Crippen LogP contribution < -0.4 is 5.59 Å². The van der Waals surface area contributed by atoms with Gasteiger partial charge in [-0.15, -0.1) is 0 Å². The third-order valence-corrected chi connectivity index (χ3v) is 4.05. The van der Waals surface area contributed by atoms with E-state index < -0.39 is 18.3 Å². The second-order valence-corrected chi connectivity index (χ2v) is 5.90. The van der Waals surface area contributed by atoms with Crippen molar-refractivity contribution in [3.8, 4) is 6.07 Å². The molecule has 0 atom stereocenters. The third kappa shape index (κ3) is 2.45. The minimum atomic E-state index is -0.616. The lowest BCUT2D eigenvalue weighted by molar-refractivity contribution is 0.00578. The number of hydrogen-bond acceptors (Lipinski definition) is 5. The molecule has 5 nitrogen and oxygen atoms in total. The molecule has 2 rings (SSSR count). The quantitative estimate of drug-likeness (QED) is 0.825. The van der Waals surface area contributed by atoms with Crippen molar-refractivity contribution in [3.05, 3.63) is 23.4 Å². The van der Waals surface area contributed by atoms with Crippen molar-refractivity contribution < 1.29 is 14.4 Å². The summed E-state index contributed by atoms with van der Waals surface area (Å²) in [5, 5.41) is 18.4. The topological polar surface area (TPSA) is 75.4 Å². The molecule has 0 aliphatic carbocycles. The van der Waals surface area contributed by atoms with Crippen LogP contribution in [0.25, 0.3) is 0 Å². The van der Waals surface area contributed by atoms with E-state index in [2.05, 4.69) is 11.1 Å². The highest BCUT2D eigenvalue weighted by atomic mass is 16.7. The van der Waals surface area contributed by atoms with Gasteiger partial charge in [-0.25, -0.2) is 0 Å². The summed E-state index contributed by atoms with van der Waals surface area (Å²) in [6.45, 7) is 7.81. The van der Waals surface area contributed by atoms with Crippen molar-refractivity contribution in [1.82, 2.24) is 4.98 Å². The fourth-order valence-electron chi connectivity index (χ4n) is 2.15. The summed E-state index contributed by atoms with van der Waals surface area (Å²) in [5.74, 6) is 0. The van der Waals surface area contributed by atoms with Crippen LogP contribution in [0.1, 0.15) is 38.8 Å². The highest BCUT2D eigenvalue weighted by Crippen LogP contribution is 2.36. The molecule has 0 radical (unpaired) electrons. The molecule has 1 aromatic rings. The summed E-state index contributed by atoms with van der Waals surface area (Å²) in [7, 11) is -0.616. The van der Waals surface area contributed by atoms with E-state index in [-0.39, 0.29) is 6.61 Å². The van der Waals surface area contributed by atoms with Crippen LogP contribution in [0.2, 0.25) is 0 Å². The number of hydrogen-bond donors (Lipinski definition) is 1. The van der Waals surface area contributed by atoms with Gasteiger partial charge in [-0.1, -0.05) is 0 Å². The van der Waals surface area contributed by atoms with Crippen LogP contribution in [0.3, 0.4) is 0 Å².